The molecule has 1 fully saturated rings. The second-order valence-corrected chi connectivity index (χ2v) is 6.31. The number of amides is 1. The lowest BCUT2D eigenvalue weighted by atomic mass is 10.0. The van der Waals surface area contributed by atoms with E-state index in [2.05, 4.69) is 21.2 Å². The average Bonchev–Trinajstić information content (AvgIpc) is 2.85. The van der Waals surface area contributed by atoms with Crippen LogP contribution in [0.25, 0.3) is 0 Å². The molecule has 1 aliphatic carbocycles. The number of nitrogens with one attached hydrogen (secondary N) is 1. The first kappa shape index (κ1) is 15.5. The van der Waals surface area contributed by atoms with Gasteiger partial charge in [0.15, 0.2) is 0 Å². The van der Waals surface area contributed by atoms with Crippen molar-refractivity contribution in [3.63, 3.8) is 0 Å². The Hall–Kier alpha value is -0.910. The van der Waals surface area contributed by atoms with E-state index >= 15 is 0 Å². The van der Waals surface area contributed by atoms with Crippen molar-refractivity contribution < 1.29 is 15.0 Å². The molecule has 20 heavy (non-hydrogen) atoms. The summed E-state index contributed by atoms with van der Waals surface area (Å²) in [7, 11) is 0. The highest BCUT2D eigenvalue weighted by Gasteiger charge is 2.32. The Morgan fingerprint density at radius 1 is 1.35 bits per heavy atom. The van der Waals surface area contributed by atoms with Crippen LogP contribution in [0.1, 0.15) is 37.9 Å². The quantitative estimate of drug-likeness (QED) is 0.785. The average molecular weight is 342 g/mol. The van der Waals surface area contributed by atoms with Crippen LogP contribution in [0.2, 0.25) is 0 Å². The molecule has 0 heterocycles. The Morgan fingerprint density at radius 3 is 2.55 bits per heavy atom. The second-order valence-electron chi connectivity index (χ2n) is 5.40. The van der Waals surface area contributed by atoms with E-state index in [0.717, 1.165) is 16.5 Å². The lowest BCUT2D eigenvalue weighted by Crippen LogP contribution is -2.42. The molecule has 0 radical (unpaired) electrons. The summed E-state index contributed by atoms with van der Waals surface area (Å²) >= 11 is 3.34. The molecular weight excluding hydrogens is 322 g/mol. The number of rotatable bonds is 4. The number of hydrogen-bond donors (Lipinski definition) is 3. The van der Waals surface area contributed by atoms with Crippen molar-refractivity contribution in [1.82, 2.24) is 5.32 Å². The minimum absolute atomic E-state index is 0.168. The zero-order valence-corrected chi connectivity index (χ0v) is 13.0. The van der Waals surface area contributed by atoms with Crippen molar-refractivity contribution in [2.75, 3.05) is 0 Å². The monoisotopic (exact) mass is 341 g/mol. The van der Waals surface area contributed by atoms with Crippen LogP contribution in [0.3, 0.4) is 0 Å². The third kappa shape index (κ3) is 3.59. The zero-order valence-electron chi connectivity index (χ0n) is 11.4. The fourth-order valence-corrected chi connectivity index (χ4v) is 2.87. The SMILES string of the molecule is CC(NC(=O)C1CCCC1O)C(O)c1ccc(Br)cc1. The molecule has 0 saturated heterocycles. The molecule has 0 aromatic heterocycles. The van der Waals surface area contributed by atoms with Gasteiger partial charge in [-0.1, -0.05) is 28.1 Å². The van der Waals surface area contributed by atoms with Crippen LogP contribution in [0, 0.1) is 5.92 Å². The van der Waals surface area contributed by atoms with Gasteiger partial charge in [0.05, 0.1) is 24.2 Å². The minimum atomic E-state index is -0.759. The molecule has 3 N–H and O–H groups in total. The van der Waals surface area contributed by atoms with Crippen LogP contribution in [-0.2, 0) is 4.79 Å². The Bertz CT molecular complexity index is 463. The van der Waals surface area contributed by atoms with Crippen LogP contribution in [0.15, 0.2) is 28.7 Å². The first-order valence-corrected chi connectivity index (χ1v) is 7.70. The number of aliphatic hydroxyl groups excluding tert-OH is 2. The highest BCUT2D eigenvalue weighted by Crippen LogP contribution is 2.26. The maximum Gasteiger partial charge on any atom is 0.226 e. The van der Waals surface area contributed by atoms with E-state index in [0.29, 0.717) is 12.8 Å². The topological polar surface area (TPSA) is 69.6 Å². The van der Waals surface area contributed by atoms with Crippen molar-refractivity contribution >= 4 is 21.8 Å². The summed E-state index contributed by atoms with van der Waals surface area (Å²) in [5.41, 5.74) is 0.757. The number of aliphatic hydroxyl groups is 2. The van der Waals surface area contributed by atoms with Gasteiger partial charge in [0.2, 0.25) is 5.91 Å². The van der Waals surface area contributed by atoms with E-state index in [1.54, 1.807) is 6.92 Å². The largest absolute Gasteiger partial charge is 0.392 e. The van der Waals surface area contributed by atoms with Crippen molar-refractivity contribution in [2.45, 2.75) is 44.4 Å². The van der Waals surface area contributed by atoms with Gasteiger partial charge in [-0.3, -0.25) is 4.79 Å². The Kier molecular flexibility index (Phi) is 5.18. The molecule has 1 amide bonds. The van der Waals surface area contributed by atoms with Gasteiger partial charge >= 0.3 is 0 Å². The van der Waals surface area contributed by atoms with Crippen LogP contribution in [0.4, 0.5) is 0 Å². The zero-order chi connectivity index (χ0) is 14.7. The summed E-state index contributed by atoms with van der Waals surface area (Å²) in [6.07, 6.45) is 0.969. The Labute approximate surface area is 127 Å². The molecule has 0 bridgehead atoms. The first-order chi connectivity index (χ1) is 9.49. The maximum atomic E-state index is 12.1. The standard InChI is InChI=1S/C15H20BrNO3/c1-9(14(19)10-5-7-11(16)8-6-10)17-15(20)12-3-2-4-13(12)18/h5-9,12-14,18-19H,2-4H2,1H3,(H,17,20). The van der Waals surface area contributed by atoms with Crippen molar-refractivity contribution in [1.29, 1.82) is 0 Å². The van der Waals surface area contributed by atoms with Gasteiger partial charge in [0, 0.05) is 4.47 Å². The predicted octanol–water partition coefficient (Wildman–Crippen LogP) is 2.15. The molecule has 1 aromatic carbocycles. The van der Waals surface area contributed by atoms with Gasteiger partial charge in [0.25, 0.3) is 0 Å². The van der Waals surface area contributed by atoms with Crippen molar-refractivity contribution in [2.24, 2.45) is 5.92 Å². The van der Waals surface area contributed by atoms with Gasteiger partial charge in [-0.2, -0.15) is 0 Å². The maximum absolute atomic E-state index is 12.1. The Morgan fingerprint density at radius 2 is 2.00 bits per heavy atom. The summed E-state index contributed by atoms with van der Waals surface area (Å²) in [6.45, 7) is 1.77. The molecular formula is C15H20BrNO3. The summed E-state index contributed by atoms with van der Waals surface area (Å²) in [4.78, 5) is 12.1. The fourth-order valence-electron chi connectivity index (χ4n) is 2.61. The van der Waals surface area contributed by atoms with E-state index in [4.69, 9.17) is 0 Å². The summed E-state index contributed by atoms with van der Waals surface area (Å²) in [5.74, 6) is -0.506. The van der Waals surface area contributed by atoms with E-state index in [1.165, 1.54) is 0 Å². The van der Waals surface area contributed by atoms with E-state index in [9.17, 15) is 15.0 Å². The van der Waals surface area contributed by atoms with E-state index in [1.807, 2.05) is 24.3 Å². The van der Waals surface area contributed by atoms with Gasteiger partial charge < -0.3 is 15.5 Å². The van der Waals surface area contributed by atoms with Crippen LogP contribution >= 0.6 is 15.9 Å². The number of carbonyl (C=O) groups is 1. The lowest BCUT2D eigenvalue weighted by molar-refractivity contribution is -0.129. The number of halogens is 1. The molecule has 0 aliphatic heterocycles. The fraction of sp³-hybridized carbons (Fsp3) is 0.533. The third-order valence-electron chi connectivity index (χ3n) is 3.87. The van der Waals surface area contributed by atoms with E-state index in [-0.39, 0.29) is 11.8 Å². The molecule has 4 unspecified atom stereocenters. The summed E-state index contributed by atoms with van der Waals surface area (Å²) in [5, 5.41) is 22.8. The van der Waals surface area contributed by atoms with Gasteiger partial charge in [0.1, 0.15) is 0 Å². The van der Waals surface area contributed by atoms with Crippen LogP contribution in [-0.4, -0.2) is 28.3 Å². The van der Waals surface area contributed by atoms with Gasteiger partial charge in [-0.05, 0) is 43.9 Å². The lowest BCUT2D eigenvalue weighted by Gasteiger charge is -2.23. The van der Waals surface area contributed by atoms with E-state index < -0.39 is 18.2 Å². The number of carbonyl (C=O) groups excluding carboxylic acids is 1. The predicted molar refractivity (Wildman–Crippen MR) is 80.1 cm³/mol. The molecule has 1 aliphatic rings. The van der Waals surface area contributed by atoms with Crippen LogP contribution < -0.4 is 5.32 Å². The molecule has 5 heteroatoms. The molecule has 1 saturated carbocycles. The molecule has 4 atom stereocenters. The van der Waals surface area contributed by atoms with Crippen molar-refractivity contribution in [3.8, 4) is 0 Å². The minimum Gasteiger partial charge on any atom is -0.392 e. The highest BCUT2D eigenvalue weighted by atomic mass is 79.9. The molecule has 4 nitrogen and oxygen atoms in total. The molecule has 0 spiro atoms. The highest BCUT2D eigenvalue weighted by molar-refractivity contribution is 9.10. The van der Waals surface area contributed by atoms with Gasteiger partial charge in [-0.15, -0.1) is 0 Å². The van der Waals surface area contributed by atoms with Crippen LogP contribution in [0.5, 0.6) is 0 Å². The molecule has 2 rings (SSSR count). The molecule has 110 valence electrons. The molecule has 1 aromatic rings. The summed E-state index contributed by atoms with van der Waals surface area (Å²) < 4.78 is 0.944. The Balaban J connectivity index is 1.95. The van der Waals surface area contributed by atoms with Gasteiger partial charge in [-0.25, -0.2) is 0 Å². The smallest absolute Gasteiger partial charge is 0.226 e. The number of hydrogen-bond acceptors (Lipinski definition) is 3. The second kappa shape index (κ2) is 6.70. The normalized spacial score (nSPS) is 25.2. The third-order valence-corrected chi connectivity index (χ3v) is 4.40. The number of benzene rings is 1. The summed E-state index contributed by atoms with van der Waals surface area (Å²) in [6, 6.07) is 6.96. The van der Waals surface area contributed by atoms with Crippen molar-refractivity contribution in [3.05, 3.63) is 34.3 Å². The first-order valence-electron chi connectivity index (χ1n) is 6.91.